The predicted octanol–water partition coefficient (Wildman–Crippen LogP) is 2.99. The van der Waals surface area contributed by atoms with Gasteiger partial charge in [0.05, 0.1) is 11.4 Å². The minimum Gasteiger partial charge on any atom is -0.759 e. The van der Waals surface area contributed by atoms with Crippen LogP contribution in [0.15, 0.2) is 54.6 Å². The molecule has 1 amide bonds. The molecule has 9 nitrogen and oxygen atoms in total. The molecule has 3 aromatic carbocycles. The molecule has 3 aromatic rings. The fraction of sp³-hybridized carbons (Fsp3) is 0.259. The van der Waals surface area contributed by atoms with Crippen molar-refractivity contribution in [1.82, 2.24) is 9.42 Å². The lowest BCUT2D eigenvalue weighted by atomic mass is 10.0. The molecule has 1 saturated heterocycles. The van der Waals surface area contributed by atoms with E-state index >= 15 is 0 Å². The van der Waals surface area contributed by atoms with E-state index in [4.69, 9.17) is 22.4 Å². The standard InChI is InChI=1S/C27H27ClN4O5S/c1-18(17-24(33)34)32(38(36)37)31-15-13-30(14-16-31)22-11-6-19(7-12-22)5-8-21-10-9-20-3-2-4-23(27(29)35)25(20)26(21)28/h2-4,6-7,9-12,18H,13-17H2,1H3,(H2,29,35)(H,33,34)(H,36,37)/p-1. The van der Waals surface area contributed by atoms with E-state index in [9.17, 15) is 18.4 Å². The number of nitrogens with zero attached hydrogens (tertiary/aromatic N) is 3. The summed E-state index contributed by atoms with van der Waals surface area (Å²) in [5.74, 6) is 4.59. The van der Waals surface area contributed by atoms with Gasteiger partial charge < -0.3 is 20.3 Å². The molecular weight excluding hydrogens is 528 g/mol. The van der Waals surface area contributed by atoms with Crippen LogP contribution in [0.25, 0.3) is 10.8 Å². The number of hydrogen-bond acceptors (Lipinski definition) is 6. The van der Waals surface area contributed by atoms with Gasteiger partial charge in [-0.05, 0) is 48.7 Å². The molecule has 11 heteroatoms. The number of carbonyl (C=O) groups is 2. The summed E-state index contributed by atoms with van der Waals surface area (Å²) in [7, 11) is 0. The molecule has 198 valence electrons. The number of hydrazine groups is 1. The first kappa shape index (κ1) is 27.6. The van der Waals surface area contributed by atoms with E-state index in [0.717, 1.165) is 21.1 Å². The monoisotopic (exact) mass is 553 g/mol. The Morgan fingerprint density at radius 3 is 2.39 bits per heavy atom. The summed E-state index contributed by atoms with van der Waals surface area (Å²) >= 11 is 4.03. The van der Waals surface area contributed by atoms with Gasteiger partial charge in [0, 0.05) is 71.3 Å². The number of primary amides is 1. The van der Waals surface area contributed by atoms with Crippen molar-refractivity contribution < 1.29 is 23.5 Å². The molecule has 1 aliphatic heterocycles. The molecule has 3 N–H and O–H groups in total. The number of carboxylic acid groups (broad SMARTS) is 1. The van der Waals surface area contributed by atoms with Crippen LogP contribution in [0.2, 0.25) is 5.02 Å². The maximum Gasteiger partial charge on any atom is 0.305 e. The third kappa shape index (κ3) is 6.15. The Morgan fingerprint density at radius 1 is 1.11 bits per heavy atom. The number of piperazine rings is 1. The Kier molecular flexibility index (Phi) is 8.66. The summed E-state index contributed by atoms with van der Waals surface area (Å²) < 4.78 is 24.6. The van der Waals surface area contributed by atoms with Crippen LogP contribution >= 0.6 is 11.6 Å². The van der Waals surface area contributed by atoms with E-state index in [1.165, 1.54) is 0 Å². The summed E-state index contributed by atoms with van der Waals surface area (Å²) in [5, 5.41) is 12.5. The smallest absolute Gasteiger partial charge is 0.305 e. The van der Waals surface area contributed by atoms with Crippen LogP contribution in [0, 0.1) is 11.8 Å². The van der Waals surface area contributed by atoms with E-state index in [1.807, 2.05) is 42.5 Å². The van der Waals surface area contributed by atoms with Gasteiger partial charge in [0.15, 0.2) is 0 Å². The largest absolute Gasteiger partial charge is 0.759 e. The molecular formula is C27H26ClN4O5S-. The first-order chi connectivity index (χ1) is 18.2. The van der Waals surface area contributed by atoms with E-state index in [0.29, 0.717) is 47.7 Å². The van der Waals surface area contributed by atoms with Crippen molar-refractivity contribution in [2.24, 2.45) is 5.73 Å². The summed E-state index contributed by atoms with van der Waals surface area (Å²) in [6, 6.07) is 15.9. The average molecular weight is 554 g/mol. The zero-order chi connectivity index (χ0) is 27.4. The second-order valence-corrected chi connectivity index (χ2v) is 10.1. The fourth-order valence-electron chi connectivity index (χ4n) is 4.53. The third-order valence-corrected chi connectivity index (χ3v) is 7.65. The van der Waals surface area contributed by atoms with Gasteiger partial charge in [0.1, 0.15) is 0 Å². The Morgan fingerprint density at radius 2 is 1.79 bits per heavy atom. The molecule has 38 heavy (non-hydrogen) atoms. The van der Waals surface area contributed by atoms with Gasteiger partial charge in [0.25, 0.3) is 0 Å². The van der Waals surface area contributed by atoms with Crippen molar-refractivity contribution in [2.45, 2.75) is 19.4 Å². The maximum atomic E-state index is 11.8. The summed E-state index contributed by atoms with van der Waals surface area (Å²) in [6.07, 6.45) is -0.270. The van der Waals surface area contributed by atoms with Crippen molar-refractivity contribution in [3.63, 3.8) is 0 Å². The van der Waals surface area contributed by atoms with Crippen LogP contribution < -0.4 is 10.6 Å². The SMILES string of the molecule is CC(CC(=O)O)N(N1CCN(c2ccc(C#Cc3ccc4cccc(C(N)=O)c4c3Cl)cc2)CC1)S(=O)[O-]. The van der Waals surface area contributed by atoms with E-state index < -0.39 is 29.2 Å². The van der Waals surface area contributed by atoms with Crippen LogP contribution in [0.1, 0.15) is 34.8 Å². The molecule has 1 fully saturated rings. The number of anilines is 1. The number of aliphatic carboxylic acids is 1. The Bertz CT molecular complexity index is 1450. The molecule has 1 aliphatic rings. The lowest BCUT2D eigenvalue weighted by Gasteiger charge is -2.44. The van der Waals surface area contributed by atoms with Crippen LogP contribution in [0.4, 0.5) is 5.69 Å². The second kappa shape index (κ2) is 11.9. The normalized spacial score (nSPS) is 15.6. The summed E-state index contributed by atoms with van der Waals surface area (Å²) in [6.45, 7) is 3.61. The predicted molar refractivity (Wildman–Crippen MR) is 146 cm³/mol. The van der Waals surface area contributed by atoms with E-state index in [1.54, 1.807) is 24.1 Å². The topological polar surface area (TPSA) is 130 Å². The highest BCUT2D eigenvalue weighted by Gasteiger charge is 2.28. The third-order valence-electron chi connectivity index (χ3n) is 6.36. The van der Waals surface area contributed by atoms with Crippen molar-refractivity contribution in [3.8, 4) is 11.8 Å². The maximum absolute atomic E-state index is 11.8. The van der Waals surface area contributed by atoms with E-state index in [2.05, 4.69) is 16.7 Å². The number of halogens is 1. The first-order valence-corrected chi connectivity index (χ1v) is 13.3. The molecule has 0 spiro atoms. The fourth-order valence-corrected chi connectivity index (χ4v) is 5.58. The van der Waals surface area contributed by atoms with Gasteiger partial charge in [-0.1, -0.05) is 41.6 Å². The average Bonchev–Trinajstić information content (AvgIpc) is 2.88. The zero-order valence-electron chi connectivity index (χ0n) is 20.6. The highest BCUT2D eigenvalue weighted by atomic mass is 35.5. The number of benzene rings is 3. The van der Waals surface area contributed by atoms with Gasteiger partial charge in [-0.15, -0.1) is 0 Å². The number of fused-ring (bicyclic) bond motifs is 1. The molecule has 2 atom stereocenters. The molecule has 4 rings (SSSR count). The molecule has 0 radical (unpaired) electrons. The van der Waals surface area contributed by atoms with Crippen molar-refractivity contribution >= 4 is 51.2 Å². The van der Waals surface area contributed by atoms with Crippen LogP contribution in [-0.4, -0.2) is 67.4 Å². The van der Waals surface area contributed by atoms with Gasteiger partial charge >= 0.3 is 5.97 Å². The molecule has 0 saturated carbocycles. The van der Waals surface area contributed by atoms with Crippen LogP contribution in [0.5, 0.6) is 0 Å². The number of carbonyl (C=O) groups excluding carboxylic acids is 1. The zero-order valence-corrected chi connectivity index (χ0v) is 22.2. The molecule has 0 aliphatic carbocycles. The summed E-state index contributed by atoms with van der Waals surface area (Å²) in [5.41, 5.74) is 8.20. The highest BCUT2D eigenvalue weighted by Crippen LogP contribution is 2.30. The van der Waals surface area contributed by atoms with Gasteiger partial charge in [-0.3, -0.25) is 13.8 Å². The highest BCUT2D eigenvalue weighted by molar-refractivity contribution is 7.76. The Labute approximate surface area is 228 Å². The number of rotatable bonds is 7. The van der Waals surface area contributed by atoms with Crippen molar-refractivity contribution in [3.05, 3.63) is 76.3 Å². The van der Waals surface area contributed by atoms with Crippen LogP contribution in [0.3, 0.4) is 0 Å². The van der Waals surface area contributed by atoms with Crippen molar-refractivity contribution in [1.29, 1.82) is 0 Å². The number of nitrogens with two attached hydrogens (primary N) is 1. The van der Waals surface area contributed by atoms with E-state index in [-0.39, 0.29) is 6.42 Å². The second-order valence-electron chi connectivity index (χ2n) is 8.90. The Hall–Kier alpha value is -3.46. The van der Waals surface area contributed by atoms with Crippen LogP contribution in [-0.2, 0) is 16.1 Å². The summed E-state index contributed by atoms with van der Waals surface area (Å²) in [4.78, 5) is 25.0. The molecule has 1 heterocycles. The van der Waals surface area contributed by atoms with Gasteiger partial charge in [-0.25, -0.2) is 5.01 Å². The van der Waals surface area contributed by atoms with Gasteiger partial charge in [-0.2, -0.15) is 4.41 Å². The van der Waals surface area contributed by atoms with Crippen molar-refractivity contribution in [2.75, 3.05) is 31.1 Å². The minimum absolute atomic E-state index is 0.270. The quantitative estimate of drug-likeness (QED) is 0.340. The number of amides is 1. The molecule has 0 aromatic heterocycles. The minimum atomic E-state index is -2.56. The van der Waals surface area contributed by atoms with Gasteiger partial charge in [0.2, 0.25) is 5.91 Å². The Balaban J connectivity index is 1.45. The lowest BCUT2D eigenvalue weighted by molar-refractivity contribution is -0.139. The number of hydrogen-bond donors (Lipinski definition) is 2. The molecule has 2 unspecified atom stereocenters. The lowest BCUT2D eigenvalue weighted by Crippen LogP contribution is -2.57. The number of carboxylic acids is 1. The first-order valence-electron chi connectivity index (χ1n) is 11.9. The molecule has 0 bridgehead atoms.